The highest BCUT2D eigenvalue weighted by atomic mass is 16.3. The van der Waals surface area contributed by atoms with Crippen molar-refractivity contribution in [3.05, 3.63) is 11.6 Å². The van der Waals surface area contributed by atoms with Gasteiger partial charge in [0.1, 0.15) is 0 Å². The molecule has 92 valence electrons. The monoisotopic (exact) mass is 222 g/mol. The van der Waals surface area contributed by atoms with Gasteiger partial charge in [-0.25, -0.2) is 0 Å². The van der Waals surface area contributed by atoms with Gasteiger partial charge in [-0.1, -0.05) is 32.4 Å². The molecule has 2 rings (SSSR count). The number of hydrogen-bond donors (Lipinski definition) is 1. The van der Waals surface area contributed by atoms with E-state index in [1.807, 2.05) is 0 Å². The Balaban J connectivity index is 2.28. The molecule has 0 amide bonds. The first-order chi connectivity index (χ1) is 7.47. The van der Waals surface area contributed by atoms with Crippen LogP contribution in [0.3, 0.4) is 0 Å². The van der Waals surface area contributed by atoms with E-state index in [-0.39, 0.29) is 11.5 Å². The number of allylic oxidation sites excluding steroid dienone is 1. The van der Waals surface area contributed by atoms with E-state index in [1.165, 1.54) is 31.3 Å². The largest absolute Gasteiger partial charge is 0.392 e. The molecule has 0 radical (unpaired) electrons. The molecule has 0 saturated heterocycles. The molecule has 4 atom stereocenters. The first-order valence-corrected chi connectivity index (χ1v) is 6.84. The van der Waals surface area contributed by atoms with Gasteiger partial charge in [-0.15, -0.1) is 0 Å². The zero-order valence-corrected chi connectivity index (χ0v) is 11.2. The quantitative estimate of drug-likeness (QED) is 0.669. The summed E-state index contributed by atoms with van der Waals surface area (Å²) in [6, 6.07) is 0. The molecule has 0 aromatic heterocycles. The summed E-state index contributed by atoms with van der Waals surface area (Å²) in [4.78, 5) is 0. The Kier molecular flexibility index (Phi) is 3.18. The molecule has 2 aliphatic carbocycles. The molecule has 0 aliphatic heterocycles. The van der Waals surface area contributed by atoms with Crippen LogP contribution in [-0.4, -0.2) is 11.2 Å². The van der Waals surface area contributed by atoms with Gasteiger partial charge in [-0.3, -0.25) is 0 Å². The molecule has 0 aromatic carbocycles. The number of aliphatic hydroxyl groups is 1. The van der Waals surface area contributed by atoms with Crippen LogP contribution >= 0.6 is 0 Å². The topological polar surface area (TPSA) is 20.2 Å². The van der Waals surface area contributed by atoms with Gasteiger partial charge < -0.3 is 5.11 Å². The number of aliphatic hydroxyl groups excluding tert-OH is 1. The first-order valence-electron chi connectivity index (χ1n) is 6.84. The van der Waals surface area contributed by atoms with Crippen molar-refractivity contribution in [3.8, 4) is 0 Å². The minimum absolute atomic E-state index is 0.108. The summed E-state index contributed by atoms with van der Waals surface area (Å²) in [6.07, 6.45) is 7.12. The van der Waals surface area contributed by atoms with E-state index in [1.54, 1.807) is 0 Å². The minimum Gasteiger partial charge on any atom is -0.392 e. The van der Waals surface area contributed by atoms with Crippen LogP contribution in [0.4, 0.5) is 0 Å². The van der Waals surface area contributed by atoms with E-state index in [9.17, 15) is 5.11 Å². The summed E-state index contributed by atoms with van der Waals surface area (Å²) >= 11 is 0. The Labute approximate surface area is 99.9 Å². The Hall–Kier alpha value is -0.300. The molecule has 0 heterocycles. The van der Waals surface area contributed by atoms with Crippen molar-refractivity contribution in [1.82, 2.24) is 0 Å². The summed E-state index contributed by atoms with van der Waals surface area (Å²) in [5.41, 5.74) is 1.59. The van der Waals surface area contributed by atoms with E-state index in [4.69, 9.17) is 0 Å². The van der Waals surface area contributed by atoms with Crippen LogP contribution < -0.4 is 0 Å². The predicted molar refractivity (Wildman–Crippen MR) is 68.2 cm³/mol. The fourth-order valence-electron chi connectivity index (χ4n) is 3.90. The summed E-state index contributed by atoms with van der Waals surface area (Å²) in [5, 5.41) is 10.7. The van der Waals surface area contributed by atoms with Gasteiger partial charge in [0.25, 0.3) is 0 Å². The molecule has 0 aromatic rings. The molecule has 1 spiro atoms. The van der Waals surface area contributed by atoms with Gasteiger partial charge in [-0.05, 0) is 50.4 Å². The predicted octanol–water partition coefficient (Wildman–Crippen LogP) is 3.78. The first kappa shape index (κ1) is 12.2. The maximum absolute atomic E-state index is 10.7. The third kappa shape index (κ3) is 1.73. The van der Waals surface area contributed by atoms with Crippen LogP contribution in [0.15, 0.2) is 11.6 Å². The third-order valence-corrected chi connectivity index (χ3v) is 5.13. The Morgan fingerprint density at radius 1 is 1.38 bits per heavy atom. The number of rotatable bonds is 1. The second-order valence-corrected chi connectivity index (χ2v) is 6.43. The lowest BCUT2D eigenvalue weighted by Crippen LogP contribution is -2.48. The van der Waals surface area contributed by atoms with Crippen molar-refractivity contribution in [2.75, 3.05) is 0 Å². The second-order valence-electron chi connectivity index (χ2n) is 6.43. The highest BCUT2D eigenvalue weighted by Gasteiger charge is 2.49. The molecular weight excluding hydrogens is 196 g/mol. The van der Waals surface area contributed by atoms with E-state index in [2.05, 4.69) is 33.8 Å². The van der Waals surface area contributed by atoms with Gasteiger partial charge in [0.2, 0.25) is 0 Å². The highest BCUT2D eigenvalue weighted by Crippen LogP contribution is 2.53. The molecular formula is C15H26O. The van der Waals surface area contributed by atoms with Crippen molar-refractivity contribution in [3.63, 3.8) is 0 Å². The maximum Gasteiger partial charge on any atom is 0.0664 e. The Morgan fingerprint density at radius 3 is 2.56 bits per heavy atom. The standard InChI is InChI=1S/C15H26O/c1-10(2)13-6-5-12(4)15(14(13)16)8-7-11(3)9-15/h9-10,12-14,16H,5-8H2,1-4H3/t12-,13+,14-,15-/m1/s1. The molecule has 2 aliphatic rings. The second kappa shape index (κ2) is 4.18. The summed E-state index contributed by atoms with van der Waals surface area (Å²) in [7, 11) is 0. The van der Waals surface area contributed by atoms with Crippen LogP contribution in [0.5, 0.6) is 0 Å². The normalized spacial score (nSPS) is 44.1. The molecule has 0 bridgehead atoms. The summed E-state index contributed by atoms with van der Waals surface area (Å²) in [6.45, 7) is 9.05. The van der Waals surface area contributed by atoms with Gasteiger partial charge in [-0.2, -0.15) is 0 Å². The van der Waals surface area contributed by atoms with Crippen molar-refractivity contribution in [1.29, 1.82) is 0 Å². The lowest BCUT2D eigenvalue weighted by atomic mass is 9.59. The molecule has 0 unspecified atom stereocenters. The van der Waals surface area contributed by atoms with E-state index >= 15 is 0 Å². The zero-order valence-electron chi connectivity index (χ0n) is 11.2. The fraction of sp³-hybridized carbons (Fsp3) is 0.867. The van der Waals surface area contributed by atoms with Crippen molar-refractivity contribution in [2.45, 2.75) is 59.5 Å². The lowest BCUT2D eigenvalue weighted by molar-refractivity contribution is -0.0704. The van der Waals surface area contributed by atoms with Crippen LogP contribution in [-0.2, 0) is 0 Å². The molecule has 1 nitrogen and oxygen atoms in total. The lowest BCUT2D eigenvalue weighted by Gasteiger charge is -2.48. The molecule has 1 heteroatoms. The van der Waals surface area contributed by atoms with Crippen molar-refractivity contribution >= 4 is 0 Å². The average Bonchev–Trinajstić information content (AvgIpc) is 2.59. The van der Waals surface area contributed by atoms with Gasteiger partial charge in [0.05, 0.1) is 6.10 Å². The van der Waals surface area contributed by atoms with Crippen LogP contribution in [0.2, 0.25) is 0 Å². The van der Waals surface area contributed by atoms with Gasteiger partial charge in [0, 0.05) is 5.41 Å². The maximum atomic E-state index is 10.7. The molecule has 1 saturated carbocycles. The highest BCUT2D eigenvalue weighted by molar-refractivity contribution is 5.20. The Morgan fingerprint density at radius 2 is 2.06 bits per heavy atom. The Bertz CT molecular complexity index is 292. The van der Waals surface area contributed by atoms with Crippen LogP contribution in [0.1, 0.15) is 53.4 Å². The van der Waals surface area contributed by atoms with E-state index < -0.39 is 0 Å². The van der Waals surface area contributed by atoms with Crippen LogP contribution in [0, 0.1) is 23.2 Å². The van der Waals surface area contributed by atoms with Crippen LogP contribution in [0.25, 0.3) is 0 Å². The molecule has 1 N–H and O–H groups in total. The summed E-state index contributed by atoms with van der Waals surface area (Å²) in [5.74, 6) is 1.75. The summed E-state index contributed by atoms with van der Waals surface area (Å²) < 4.78 is 0. The van der Waals surface area contributed by atoms with Gasteiger partial charge >= 0.3 is 0 Å². The fourth-order valence-corrected chi connectivity index (χ4v) is 3.90. The third-order valence-electron chi connectivity index (χ3n) is 5.13. The zero-order chi connectivity index (χ0) is 11.9. The molecule has 16 heavy (non-hydrogen) atoms. The van der Waals surface area contributed by atoms with E-state index in [0.29, 0.717) is 17.8 Å². The van der Waals surface area contributed by atoms with Crippen molar-refractivity contribution in [2.24, 2.45) is 23.2 Å². The van der Waals surface area contributed by atoms with E-state index in [0.717, 1.165) is 0 Å². The number of hydrogen-bond acceptors (Lipinski definition) is 1. The smallest absolute Gasteiger partial charge is 0.0664 e. The van der Waals surface area contributed by atoms with Gasteiger partial charge in [0.15, 0.2) is 0 Å². The minimum atomic E-state index is -0.117. The molecule has 1 fully saturated rings. The van der Waals surface area contributed by atoms with Crippen molar-refractivity contribution < 1.29 is 5.11 Å². The average molecular weight is 222 g/mol. The SMILES string of the molecule is CC1=C[C@]2(CC1)[C@H](C)CC[C@@H](C(C)C)[C@H]2O.